The Kier molecular flexibility index (Phi) is 12.6. The summed E-state index contributed by atoms with van der Waals surface area (Å²) in [6, 6.07) is 13.3. The number of carbonyl (C=O) groups excluding carboxylic acids is 3. The fourth-order valence-corrected chi connectivity index (χ4v) is 11.6. The van der Waals surface area contributed by atoms with E-state index >= 15 is 0 Å². The van der Waals surface area contributed by atoms with Gasteiger partial charge >= 0.3 is 6.09 Å². The molecule has 3 amide bonds. The summed E-state index contributed by atoms with van der Waals surface area (Å²) in [6.07, 6.45) is 6.67. The van der Waals surface area contributed by atoms with Crippen molar-refractivity contribution in [1.82, 2.24) is 20.4 Å². The van der Waals surface area contributed by atoms with Gasteiger partial charge in [0.25, 0.3) is 0 Å². The molecule has 6 rings (SSSR count). The number of hydrogen-bond acceptors (Lipinski definition) is 9. The first-order valence-corrected chi connectivity index (χ1v) is 21.1. The van der Waals surface area contributed by atoms with E-state index in [4.69, 9.17) is 4.74 Å². The maximum atomic E-state index is 14.9. The van der Waals surface area contributed by atoms with E-state index < -0.39 is 32.2 Å². The van der Waals surface area contributed by atoms with Crippen LogP contribution < -0.4 is 15.5 Å². The van der Waals surface area contributed by atoms with E-state index in [0.29, 0.717) is 52.2 Å². The van der Waals surface area contributed by atoms with Crippen molar-refractivity contribution in [2.45, 2.75) is 85.5 Å². The molecule has 2 aromatic carbocycles. The monoisotopic (exact) mass is 781 g/mol. The Labute approximate surface area is 324 Å². The predicted octanol–water partition coefficient (Wildman–Crippen LogP) is 4.03. The SMILES string of the molecule is C=CC(=O)N1CCCC[C@@H](S(=O)(=O)c2ccc(N3CC(O)(CN4CCC([C@@](CNC(C)=O)(c5cccc(F)c5)[C@H]5CCC[C@@H]5NC(=O)OC)CC4)C3)cc2)C1. The van der Waals surface area contributed by atoms with E-state index in [9.17, 15) is 32.3 Å². The average molecular weight is 782 g/mol. The molecule has 0 aromatic heterocycles. The van der Waals surface area contributed by atoms with Gasteiger partial charge in [0.05, 0.1) is 17.3 Å². The first-order chi connectivity index (χ1) is 26.3. The van der Waals surface area contributed by atoms with E-state index in [1.807, 2.05) is 11.0 Å². The quantitative estimate of drug-likeness (QED) is 0.272. The van der Waals surface area contributed by atoms with Gasteiger partial charge in [-0.15, -0.1) is 0 Å². The van der Waals surface area contributed by atoms with Crippen LogP contribution in [0.1, 0.15) is 63.9 Å². The van der Waals surface area contributed by atoms with E-state index in [1.54, 1.807) is 41.3 Å². The average Bonchev–Trinajstić information content (AvgIpc) is 3.47. The van der Waals surface area contributed by atoms with E-state index in [2.05, 4.69) is 22.1 Å². The number of carbonyl (C=O) groups is 3. The van der Waals surface area contributed by atoms with Gasteiger partial charge < -0.3 is 35.2 Å². The summed E-state index contributed by atoms with van der Waals surface area (Å²) in [4.78, 5) is 43.2. The Balaban J connectivity index is 1.11. The van der Waals surface area contributed by atoms with Crippen molar-refractivity contribution in [3.05, 3.63) is 72.6 Å². The minimum Gasteiger partial charge on any atom is -0.453 e. The molecule has 3 heterocycles. The van der Waals surface area contributed by atoms with Crippen LogP contribution in [0.3, 0.4) is 0 Å². The number of hydrogen-bond donors (Lipinski definition) is 3. The summed E-state index contributed by atoms with van der Waals surface area (Å²) in [5, 5.41) is 17.0. The third-order valence-electron chi connectivity index (χ3n) is 12.5. The molecule has 0 bridgehead atoms. The second-order valence-corrected chi connectivity index (χ2v) is 18.2. The van der Waals surface area contributed by atoms with Crippen LogP contribution in [0.5, 0.6) is 0 Å². The smallest absolute Gasteiger partial charge is 0.407 e. The summed E-state index contributed by atoms with van der Waals surface area (Å²) in [7, 11) is -2.32. The van der Waals surface area contributed by atoms with Crippen molar-refractivity contribution in [1.29, 1.82) is 0 Å². The third-order valence-corrected chi connectivity index (χ3v) is 14.7. The molecule has 3 N–H and O–H groups in total. The van der Waals surface area contributed by atoms with E-state index in [0.717, 1.165) is 56.2 Å². The fraction of sp³-hybridized carbons (Fsp3) is 0.585. The molecule has 0 unspecified atom stereocenters. The van der Waals surface area contributed by atoms with Gasteiger partial charge in [-0.3, -0.25) is 9.59 Å². The number of aliphatic hydroxyl groups is 1. The van der Waals surface area contributed by atoms with Crippen molar-refractivity contribution in [3.63, 3.8) is 0 Å². The van der Waals surface area contributed by atoms with Gasteiger partial charge in [-0.25, -0.2) is 17.6 Å². The number of sulfone groups is 1. The van der Waals surface area contributed by atoms with Crippen LogP contribution in [0, 0.1) is 17.7 Å². The van der Waals surface area contributed by atoms with Gasteiger partial charge in [0.2, 0.25) is 11.8 Å². The number of rotatable bonds is 12. The van der Waals surface area contributed by atoms with Gasteiger partial charge in [0.1, 0.15) is 11.4 Å². The summed E-state index contributed by atoms with van der Waals surface area (Å²) < 4.78 is 47.1. The lowest BCUT2D eigenvalue weighted by Crippen LogP contribution is -2.67. The second-order valence-electron chi connectivity index (χ2n) is 16.0. The van der Waals surface area contributed by atoms with Crippen LogP contribution in [-0.2, 0) is 29.6 Å². The molecule has 1 saturated carbocycles. The van der Waals surface area contributed by atoms with Crippen LogP contribution >= 0.6 is 0 Å². The maximum absolute atomic E-state index is 14.9. The molecule has 12 nitrogen and oxygen atoms in total. The lowest BCUT2D eigenvalue weighted by Gasteiger charge is -2.53. The second kappa shape index (κ2) is 17.0. The number of likely N-dealkylation sites (tertiary alicyclic amines) is 2. The molecule has 14 heteroatoms. The van der Waals surface area contributed by atoms with Crippen molar-refractivity contribution in [2.24, 2.45) is 11.8 Å². The maximum Gasteiger partial charge on any atom is 0.407 e. The van der Waals surface area contributed by atoms with Crippen molar-refractivity contribution < 1.29 is 37.0 Å². The molecular weight excluding hydrogens is 726 g/mol. The highest BCUT2D eigenvalue weighted by Gasteiger charge is 2.53. The van der Waals surface area contributed by atoms with Gasteiger partial charge in [0, 0.05) is 63.3 Å². The number of halogens is 1. The lowest BCUT2D eigenvalue weighted by atomic mass is 9.58. The molecule has 300 valence electrons. The summed E-state index contributed by atoms with van der Waals surface area (Å²) >= 11 is 0. The van der Waals surface area contributed by atoms with Crippen molar-refractivity contribution in [2.75, 3.05) is 64.4 Å². The van der Waals surface area contributed by atoms with Crippen molar-refractivity contribution in [3.8, 4) is 0 Å². The Morgan fingerprint density at radius 1 is 1.02 bits per heavy atom. The highest BCUT2D eigenvalue weighted by Crippen LogP contribution is 2.50. The van der Waals surface area contributed by atoms with Crippen LogP contribution in [-0.4, -0.2) is 118 Å². The largest absolute Gasteiger partial charge is 0.453 e. The normalized spacial score (nSPS) is 24.5. The Morgan fingerprint density at radius 2 is 1.75 bits per heavy atom. The Morgan fingerprint density at radius 3 is 2.40 bits per heavy atom. The summed E-state index contributed by atoms with van der Waals surface area (Å²) in [6.45, 7) is 8.71. The zero-order valence-corrected chi connectivity index (χ0v) is 32.9. The highest BCUT2D eigenvalue weighted by molar-refractivity contribution is 7.92. The highest BCUT2D eigenvalue weighted by atomic mass is 32.2. The molecule has 4 atom stereocenters. The van der Waals surface area contributed by atoms with Crippen LogP contribution in [0.4, 0.5) is 14.9 Å². The number of alkyl carbamates (subject to hydrolysis) is 1. The van der Waals surface area contributed by atoms with Crippen LogP contribution in [0.2, 0.25) is 0 Å². The molecule has 3 aliphatic heterocycles. The first-order valence-electron chi connectivity index (χ1n) is 19.6. The number of ether oxygens (including phenoxy) is 1. The molecule has 4 fully saturated rings. The molecule has 4 aliphatic rings. The topological polar surface area (TPSA) is 149 Å². The number of benzene rings is 2. The van der Waals surface area contributed by atoms with E-state index in [1.165, 1.54) is 26.2 Å². The molecule has 3 saturated heterocycles. The molecular formula is C41H56FN5O7S. The van der Waals surface area contributed by atoms with Gasteiger partial charge in [0.15, 0.2) is 9.84 Å². The number of anilines is 1. The Bertz CT molecular complexity index is 1810. The number of nitrogens with one attached hydrogen (secondary N) is 2. The summed E-state index contributed by atoms with van der Waals surface area (Å²) in [5.74, 6) is -0.773. The van der Waals surface area contributed by atoms with E-state index in [-0.39, 0.29) is 46.9 Å². The molecule has 2 aromatic rings. The zero-order chi connectivity index (χ0) is 39.4. The molecule has 0 spiro atoms. The number of methoxy groups -OCH3 is 1. The van der Waals surface area contributed by atoms with Crippen LogP contribution in [0.25, 0.3) is 0 Å². The summed E-state index contributed by atoms with van der Waals surface area (Å²) in [5.41, 5.74) is 0.0472. The minimum atomic E-state index is -3.66. The molecule has 0 radical (unpaired) electrons. The number of β-amino-alcohol motifs (C(OH)–C–C–N with tert-alkyl or cyclic N) is 1. The van der Waals surface area contributed by atoms with Crippen molar-refractivity contribution >= 4 is 33.4 Å². The third kappa shape index (κ3) is 8.86. The minimum absolute atomic E-state index is 0.0632. The zero-order valence-electron chi connectivity index (χ0n) is 32.1. The fourth-order valence-electron chi connectivity index (χ4n) is 9.83. The van der Waals surface area contributed by atoms with Gasteiger partial charge in [-0.05, 0) is 111 Å². The molecule has 55 heavy (non-hydrogen) atoms. The number of piperidine rings is 1. The standard InChI is InChI=1S/C41H56FN5O7S/c1-4-38(49)46-20-6-5-11-35(24-46)55(52,53)34-16-14-33(15-17-34)47-27-40(51,28-47)26-45-21-18-30(19-22-45)41(25-43-29(2)48,31-9-7-10-32(42)23-31)36-12-8-13-37(36)44-39(50)54-3/h4,7,9-10,14-17,23,30,35-37,51H,1,5-6,8,11-13,18-22,24-28H2,2-3H3,(H,43,48)(H,44,50)/t35-,36+,37+,41+/m1/s1. The predicted molar refractivity (Wildman–Crippen MR) is 208 cm³/mol. The first kappa shape index (κ1) is 40.6. The number of nitrogens with zero attached hydrogens (tertiary/aromatic N) is 3. The molecule has 1 aliphatic carbocycles. The Hall–Kier alpha value is -4.01. The number of amides is 3. The van der Waals surface area contributed by atoms with Gasteiger partial charge in [-0.2, -0.15) is 0 Å². The lowest BCUT2D eigenvalue weighted by molar-refractivity contribution is -0.126. The van der Waals surface area contributed by atoms with Gasteiger partial charge in [-0.1, -0.05) is 31.6 Å². The van der Waals surface area contributed by atoms with Crippen LogP contribution in [0.15, 0.2) is 66.1 Å².